The topological polar surface area (TPSA) is 201 Å². The Hall–Kier alpha value is -2.80. The number of phenolic OH excluding ortho intramolecular Hbond substituents is 4. The van der Waals surface area contributed by atoms with E-state index in [4.69, 9.17) is 9.47 Å². The van der Waals surface area contributed by atoms with Gasteiger partial charge in [-0.1, -0.05) is 6.07 Å². The van der Waals surface area contributed by atoms with Crippen LogP contribution in [0.4, 0.5) is 0 Å². The second kappa shape index (κ2) is 8.28. The molecule has 0 radical (unpaired) electrons. The van der Waals surface area contributed by atoms with E-state index in [9.17, 15) is 46.0 Å². The molecule has 0 spiro atoms. The third-order valence-electron chi connectivity index (χ3n) is 5.90. The predicted octanol–water partition coefficient (Wildman–Crippen LogP) is -0.939. The summed E-state index contributed by atoms with van der Waals surface area (Å²) in [6.45, 7) is -0.684. The lowest BCUT2D eigenvalue weighted by atomic mass is 9.87. The molecule has 32 heavy (non-hydrogen) atoms. The molecule has 0 amide bonds. The molecular formula is C21H24O11. The van der Waals surface area contributed by atoms with Crippen molar-refractivity contribution in [1.82, 2.24) is 0 Å². The molecule has 1 fully saturated rings. The van der Waals surface area contributed by atoms with E-state index in [-0.39, 0.29) is 29.0 Å². The van der Waals surface area contributed by atoms with E-state index >= 15 is 0 Å². The summed E-state index contributed by atoms with van der Waals surface area (Å²) in [6, 6.07) is 5.03. The molecule has 2 aliphatic heterocycles. The summed E-state index contributed by atoms with van der Waals surface area (Å²) in [5, 5.41) is 90.9. The molecule has 9 N–H and O–H groups in total. The molecule has 0 bridgehead atoms. The maximum atomic E-state index is 10.8. The highest BCUT2D eigenvalue weighted by atomic mass is 16.5. The van der Waals surface area contributed by atoms with Gasteiger partial charge in [-0.05, 0) is 17.7 Å². The van der Waals surface area contributed by atoms with Gasteiger partial charge in [0.05, 0.1) is 18.3 Å². The van der Waals surface area contributed by atoms with Crippen LogP contribution >= 0.6 is 0 Å². The fourth-order valence-electron chi connectivity index (χ4n) is 4.15. The Bertz CT molecular complexity index is 1010. The highest BCUT2D eigenvalue weighted by molar-refractivity contribution is 5.59. The van der Waals surface area contributed by atoms with Crippen LogP contribution in [0.25, 0.3) is 0 Å². The van der Waals surface area contributed by atoms with Gasteiger partial charge in [0.15, 0.2) is 11.5 Å². The molecule has 11 heteroatoms. The first-order chi connectivity index (χ1) is 15.1. The summed E-state index contributed by atoms with van der Waals surface area (Å²) in [5.74, 6) is -1.83. The minimum Gasteiger partial charge on any atom is -0.507 e. The zero-order valence-electron chi connectivity index (χ0n) is 16.6. The van der Waals surface area contributed by atoms with E-state index in [1.54, 1.807) is 0 Å². The maximum absolute atomic E-state index is 10.8. The van der Waals surface area contributed by atoms with Crippen LogP contribution in [0.2, 0.25) is 0 Å². The first-order valence-electron chi connectivity index (χ1n) is 9.88. The highest BCUT2D eigenvalue weighted by Crippen LogP contribution is 2.49. The number of benzene rings is 2. The van der Waals surface area contributed by atoms with E-state index in [0.29, 0.717) is 5.56 Å². The lowest BCUT2D eigenvalue weighted by Gasteiger charge is -2.41. The standard InChI is InChI=1S/C21H24O11/c22-6-14-17(28)18(29)19(30)21(32-14)15-11(25)5-13-8(16(15)27)4-12(26)20(31-13)7-1-2-9(23)10(24)3-7/h1-3,5,12,14,17-30H,4,6H2/t12-,14-,17-,18+,19-,20-,21+/m1/s1. The third-order valence-corrected chi connectivity index (χ3v) is 5.90. The lowest BCUT2D eigenvalue weighted by molar-refractivity contribution is -0.232. The van der Waals surface area contributed by atoms with E-state index < -0.39 is 66.6 Å². The number of rotatable bonds is 3. The number of aliphatic hydroxyl groups is 5. The molecule has 7 atom stereocenters. The monoisotopic (exact) mass is 452 g/mol. The summed E-state index contributed by atoms with van der Waals surface area (Å²) in [4.78, 5) is 0. The first-order valence-corrected chi connectivity index (χ1v) is 9.88. The minimum atomic E-state index is -1.73. The molecule has 11 nitrogen and oxygen atoms in total. The van der Waals surface area contributed by atoms with Crippen LogP contribution in [-0.4, -0.2) is 83.1 Å². The zero-order chi connectivity index (χ0) is 23.3. The average molecular weight is 452 g/mol. The summed E-state index contributed by atoms with van der Waals surface area (Å²) >= 11 is 0. The number of phenols is 4. The van der Waals surface area contributed by atoms with Crippen LogP contribution in [0.3, 0.4) is 0 Å². The Labute approximate surface area is 181 Å². The van der Waals surface area contributed by atoms with Crippen molar-refractivity contribution in [2.45, 2.75) is 49.1 Å². The van der Waals surface area contributed by atoms with Gasteiger partial charge in [0.25, 0.3) is 0 Å². The van der Waals surface area contributed by atoms with Gasteiger partial charge in [-0.15, -0.1) is 0 Å². The fraction of sp³-hybridized carbons (Fsp3) is 0.429. The molecule has 0 unspecified atom stereocenters. The minimum absolute atomic E-state index is 0.0243. The number of ether oxygens (including phenoxy) is 2. The molecule has 0 saturated carbocycles. The van der Waals surface area contributed by atoms with Gasteiger partial charge in [0.1, 0.15) is 53.9 Å². The van der Waals surface area contributed by atoms with Gasteiger partial charge in [-0.25, -0.2) is 0 Å². The van der Waals surface area contributed by atoms with Gasteiger partial charge in [-0.3, -0.25) is 0 Å². The quantitative estimate of drug-likeness (QED) is 0.260. The van der Waals surface area contributed by atoms with Crippen LogP contribution in [0.1, 0.15) is 28.9 Å². The number of aromatic hydroxyl groups is 4. The number of hydrogen-bond acceptors (Lipinski definition) is 11. The van der Waals surface area contributed by atoms with Gasteiger partial charge < -0.3 is 55.4 Å². The maximum Gasteiger partial charge on any atom is 0.157 e. The molecule has 1 saturated heterocycles. The number of fused-ring (bicyclic) bond motifs is 1. The van der Waals surface area contributed by atoms with Gasteiger partial charge >= 0.3 is 0 Å². The van der Waals surface area contributed by atoms with Gasteiger partial charge in [0.2, 0.25) is 0 Å². The number of hydrogen-bond donors (Lipinski definition) is 9. The van der Waals surface area contributed by atoms with Crippen molar-refractivity contribution < 1.29 is 55.4 Å². The van der Waals surface area contributed by atoms with E-state index in [2.05, 4.69) is 0 Å². The van der Waals surface area contributed by atoms with Crippen LogP contribution in [0, 0.1) is 0 Å². The summed E-state index contributed by atoms with van der Waals surface area (Å²) in [5.41, 5.74) is 0.147. The van der Waals surface area contributed by atoms with Crippen molar-refractivity contribution in [2.75, 3.05) is 6.61 Å². The van der Waals surface area contributed by atoms with Crippen LogP contribution in [0.15, 0.2) is 24.3 Å². The number of aliphatic hydroxyl groups excluding tert-OH is 5. The van der Waals surface area contributed by atoms with Crippen molar-refractivity contribution in [3.8, 4) is 28.7 Å². The molecule has 2 heterocycles. The second-order valence-corrected chi connectivity index (χ2v) is 7.94. The lowest BCUT2D eigenvalue weighted by Crippen LogP contribution is -2.55. The van der Waals surface area contributed by atoms with E-state index in [1.165, 1.54) is 18.2 Å². The SMILES string of the molecule is OC[C@H]1O[C@@H](c2c(O)cc3c(c2O)C[C@@H](O)[C@@H](c2ccc(O)c(O)c2)O3)[C@H](O)[C@@H](O)[C@@H]1O. The molecule has 2 aliphatic rings. The molecule has 4 rings (SSSR count). The van der Waals surface area contributed by atoms with Crippen molar-refractivity contribution >= 4 is 0 Å². The summed E-state index contributed by atoms with van der Waals surface area (Å²) in [7, 11) is 0. The first kappa shape index (κ1) is 22.4. The fourth-order valence-corrected chi connectivity index (χ4v) is 4.15. The molecule has 2 aromatic rings. The van der Waals surface area contributed by atoms with Crippen LogP contribution < -0.4 is 4.74 Å². The summed E-state index contributed by atoms with van der Waals surface area (Å²) < 4.78 is 11.2. The van der Waals surface area contributed by atoms with Gasteiger partial charge in [0, 0.05) is 18.1 Å². The largest absolute Gasteiger partial charge is 0.507 e. The van der Waals surface area contributed by atoms with Crippen molar-refractivity contribution in [3.05, 3.63) is 41.0 Å². The average Bonchev–Trinajstić information content (AvgIpc) is 2.76. The molecule has 174 valence electrons. The van der Waals surface area contributed by atoms with Crippen LogP contribution in [-0.2, 0) is 11.2 Å². The van der Waals surface area contributed by atoms with E-state index in [1.807, 2.05) is 0 Å². The Morgan fingerprint density at radius 2 is 1.53 bits per heavy atom. The Morgan fingerprint density at radius 3 is 2.19 bits per heavy atom. The zero-order valence-corrected chi connectivity index (χ0v) is 16.6. The molecular weight excluding hydrogens is 428 g/mol. The predicted molar refractivity (Wildman–Crippen MR) is 105 cm³/mol. The Morgan fingerprint density at radius 1 is 0.812 bits per heavy atom. The smallest absolute Gasteiger partial charge is 0.157 e. The van der Waals surface area contributed by atoms with Crippen molar-refractivity contribution in [3.63, 3.8) is 0 Å². The van der Waals surface area contributed by atoms with E-state index in [0.717, 1.165) is 6.07 Å². The molecule has 0 aliphatic carbocycles. The molecule has 2 aromatic carbocycles. The third kappa shape index (κ3) is 3.58. The van der Waals surface area contributed by atoms with Crippen molar-refractivity contribution in [1.29, 1.82) is 0 Å². The summed E-state index contributed by atoms with van der Waals surface area (Å²) in [6.07, 6.45) is -10.1. The van der Waals surface area contributed by atoms with Crippen LogP contribution in [0.5, 0.6) is 28.7 Å². The van der Waals surface area contributed by atoms with Gasteiger partial charge in [-0.2, -0.15) is 0 Å². The Kier molecular flexibility index (Phi) is 5.79. The normalized spacial score (nSPS) is 32.2. The molecule has 0 aromatic heterocycles. The highest BCUT2D eigenvalue weighted by Gasteiger charge is 2.46. The van der Waals surface area contributed by atoms with Crippen molar-refractivity contribution in [2.24, 2.45) is 0 Å². The second-order valence-electron chi connectivity index (χ2n) is 7.94. The Balaban J connectivity index is 1.70.